The summed E-state index contributed by atoms with van der Waals surface area (Å²) in [5.41, 5.74) is 5.77. The van der Waals surface area contributed by atoms with Gasteiger partial charge in [-0.3, -0.25) is 4.79 Å². The molecule has 0 aromatic heterocycles. The third-order valence-electron chi connectivity index (χ3n) is 3.74. The van der Waals surface area contributed by atoms with Gasteiger partial charge in [0.15, 0.2) is 6.10 Å². The molecular formula is C16H21N3O4. The minimum Gasteiger partial charge on any atom is -0.449 e. The summed E-state index contributed by atoms with van der Waals surface area (Å²) in [4.78, 5) is 34.7. The van der Waals surface area contributed by atoms with Crippen LogP contribution in [0, 0.1) is 0 Å². The number of ether oxygens (including phenoxy) is 1. The zero-order valence-corrected chi connectivity index (χ0v) is 13.0. The molecular weight excluding hydrogens is 298 g/mol. The summed E-state index contributed by atoms with van der Waals surface area (Å²) in [6.07, 6.45) is 3.32. The van der Waals surface area contributed by atoms with Crippen LogP contribution in [0.2, 0.25) is 0 Å². The topological polar surface area (TPSA) is 111 Å². The third kappa shape index (κ3) is 4.98. The number of esters is 1. The number of carbonyl (C=O) groups is 3. The number of hydrogen-bond acceptors (Lipinski definition) is 4. The second-order valence-electron chi connectivity index (χ2n) is 5.60. The van der Waals surface area contributed by atoms with Crippen molar-refractivity contribution in [1.29, 1.82) is 0 Å². The largest absolute Gasteiger partial charge is 0.449 e. The van der Waals surface area contributed by atoms with E-state index in [1.54, 1.807) is 6.92 Å². The maximum Gasteiger partial charge on any atom is 0.338 e. The van der Waals surface area contributed by atoms with E-state index in [-0.39, 0.29) is 11.9 Å². The second-order valence-corrected chi connectivity index (χ2v) is 5.60. The van der Waals surface area contributed by atoms with Crippen LogP contribution < -0.4 is 16.4 Å². The zero-order valence-electron chi connectivity index (χ0n) is 13.0. The first-order valence-electron chi connectivity index (χ1n) is 7.63. The minimum atomic E-state index is -0.855. The molecule has 1 saturated carbocycles. The van der Waals surface area contributed by atoms with Crippen molar-refractivity contribution in [2.45, 2.75) is 44.8 Å². The van der Waals surface area contributed by atoms with Crippen LogP contribution in [0.3, 0.4) is 0 Å². The SMILES string of the molecule is CC(OC(=O)c1ccc(NC(N)=O)cc1)C(=O)NC1CCCC1. The number of nitrogens with two attached hydrogens (primary N) is 1. The molecule has 0 heterocycles. The summed E-state index contributed by atoms with van der Waals surface area (Å²) in [5.74, 6) is -0.873. The number of urea groups is 1. The van der Waals surface area contributed by atoms with E-state index in [9.17, 15) is 14.4 Å². The molecule has 0 aliphatic heterocycles. The van der Waals surface area contributed by atoms with E-state index in [0.29, 0.717) is 11.3 Å². The van der Waals surface area contributed by atoms with Gasteiger partial charge in [0.25, 0.3) is 5.91 Å². The van der Waals surface area contributed by atoms with Crippen LogP contribution in [0.15, 0.2) is 24.3 Å². The molecule has 1 aliphatic rings. The van der Waals surface area contributed by atoms with Crippen molar-refractivity contribution in [2.24, 2.45) is 5.73 Å². The standard InChI is InChI=1S/C16H21N3O4/c1-10(14(20)18-12-4-2-3-5-12)23-15(21)11-6-8-13(9-7-11)19-16(17)22/h6-10,12H,2-5H2,1H3,(H,18,20)(H3,17,19,22). The lowest BCUT2D eigenvalue weighted by Gasteiger charge is -2.17. The number of amides is 3. The highest BCUT2D eigenvalue weighted by Gasteiger charge is 2.23. The van der Waals surface area contributed by atoms with E-state index in [0.717, 1.165) is 25.7 Å². The van der Waals surface area contributed by atoms with Gasteiger partial charge in [-0.15, -0.1) is 0 Å². The van der Waals surface area contributed by atoms with Crippen molar-refractivity contribution < 1.29 is 19.1 Å². The van der Waals surface area contributed by atoms with E-state index in [1.165, 1.54) is 24.3 Å². The number of rotatable bonds is 5. The Morgan fingerprint density at radius 3 is 2.35 bits per heavy atom. The second kappa shape index (κ2) is 7.62. The monoisotopic (exact) mass is 319 g/mol. The molecule has 7 heteroatoms. The Kier molecular flexibility index (Phi) is 5.56. The molecule has 7 nitrogen and oxygen atoms in total. The number of hydrogen-bond donors (Lipinski definition) is 3. The average Bonchev–Trinajstić information content (AvgIpc) is 3.00. The highest BCUT2D eigenvalue weighted by molar-refractivity contribution is 5.93. The van der Waals surface area contributed by atoms with Crippen LogP contribution >= 0.6 is 0 Å². The van der Waals surface area contributed by atoms with Crippen molar-refractivity contribution in [3.63, 3.8) is 0 Å². The van der Waals surface area contributed by atoms with E-state index in [4.69, 9.17) is 10.5 Å². The fourth-order valence-corrected chi connectivity index (χ4v) is 2.50. The first-order valence-corrected chi connectivity index (χ1v) is 7.63. The molecule has 0 radical (unpaired) electrons. The zero-order chi connectivity index (χ0) is 16.8. The van der Waals surface area contributed by atoms with Crippen molar-refractivity contribution in [2.75, 3.05) is 5.32 Å². The van der Waals surface area contributed by atoms with Crippen LogP contribution in [0.4, 0.5) is 10.5 Å². The number of nitrogens with one attached hydrogen (secondary N) is 2. The first-order chi connectivity index (χ1) is 11.0. The quantitative estimate of drug-likeness (QED) is 0.718. The van der Waals surface area contributed by atoms with Crippen LogP contribution in [-0.2, 0) is 9.53 Å². The van der Waals surface area contributed by atoms with Gasteiger partial charge in [-0.25, -0.2) is 9.59 Å². The maximum absolute atomic E-state index is 12.0. The molecule has 0 spiro atoms. The van der Waals surface area contributed by atoms with E-state index >= 15 is 0 Å². The Hall–Kier alpha value is -2.57. The van der Waals surface area contributed by atoms with Crippen molar-refractivity contribution in [1.82, 2.24) is 5.32 Å². The van der Waals surface area contributed by atoms with Gasteiger partial charge in [0.2, 0.25) is 0 Å². The Morgan fingerprint density at radius 1 is 1.17 bits per heavy atom. The molecule has 1 aliphatic carbocycles. The van der Waals surface area contributed by atoms with Crippen LogP contribution in [0.1, 0.15) is 43.0 Å². The molecule has 23 heavy (non-hydrogen) atoms. The summed E-state index contributed by atoms with van der Waals surface area (Å²) in [7, 11) is 0. The van der Waals surface area contributed by atoms with Crippen molar-refractivity contribution in [3.05, 3.63) is 29.8 Å². The molecule has 124 valence electrons. The summed E-state index contributed by atoms with van der Waals surface area (Å²) < 4.78 is 5.17. The first kappa shape index (κ1) is 16.8. The van der Waals surface area contributed by atoms with Gasteiger partial charge in [0.05, 0.1) is 5.56 Å². The molecule has 3 amide bonds. The molecule has 1 aromatic rings. The van der Waals surface area contributed by atoms with E-state index in [2.05, 4.69) is 10.6 Å². The molecule has 1 fully saturated rings. The van der Waals surface area contributed by atoms with E-state index < -0.39 is 18.1 Å². The van der Waals surface area contributed by atoms with Gasteiger partial charge in [0.1, 0.15) is 0 Å². The van der Waals surface area contributed by atoms with Gasteiger partial charge < -0.3 is 21.1 Å². The minimum absolute atomic E-state index is 0.183. The Morgan fingerprint density at radius 2 is 1.78 bits per heavy atom. The molecule has 0 bridgehead atoms. The summed E-state index contributed by atoms with van der Waals surface area (Å²) in [6.45, 7) is 1.55. The lowest BCUT2D eigenvalue weighted by atomic mass is 10.2. The van der Waals surface area contributed by atoms with Gasteiger partial charge in [-0.05, 0) is 44.0 Å². The lowest BCUT2D eigenvalue weighted by molar-refractivity contribution is -0.129. The van der Waals surface area contributed by atoms with Gasteiger partial charge in [-0.1, -0.05) is 12.8 Å². The molecule has 4 N–H and O–H groups in total. The Bertz CT molecular complexity index is 579. The Labute approximate surface area is 134 Å². The fraction of sp³-hybridized carbons (Fsp3) is 0.438. The third-order valence-corrected chi connectivity index (χ3v) is 3.74. The van der Waals surface area contributed by atoms with Crippen LogP contribution in [-0.4, -0.2) is 30.1 Å². The summed E-state index contributed by atoms with van der Waals surface area (Å²) >= 11 is 0. The van der Waals surface area contributed by atoms with Gasteiger partial charge in [0, 0.05) is 11.7 Å². The fourth-order valence-electron chi connectivity index (χ4n) is 2.50. The highest BCUT2D eigenvalue weighted by atomic mass is 16.5. The normalized spacial score (nSPS) is 15.7. The number of carbonyl (C=O) groups excluding carboxylic acids is 3. The molecule has 2 rings (SSSR count). The lowest BCUT2D eigenvalue weighted by Crippen LogP contribution is -2.40. The van der Waals surface area contributed by atoms with Gasteiger partial charge in [-0.2, -0.15) is 0 Å². The number of benzene rings is 1. The summed E-state index contributed by atoms with van der Waals surface area (Å²) in [5, 5.41) is 5.28. The molecule has 1 unspecified atom stereocenters. The Balaban J connectivity index is 1.87. The molecule has 1 atom stereocenters. The van der Waals surface area contributed by atoms with E-state index in [1.807, 2.05) is 0 Å². The maximum atomic E-state index is 12.0. The highest BCUT2D eigenvalue weighted by Crippen LogP contribution is 2.18. The van der Waals surface area contributed by atoms with Crippen molar-refractivity contribution >= 4 is 23.6 Å². The van der Waals surface area contributed by atoms with Crippen LogP contribution in [0.25, 0.3) is 0 Å². The average molecular weight is 319 g/mol. The summed E-state index contributed by atoms with van der Waals surface area (Å²) in [6, 6.07) is 5.56. The van der Waals surface area contributed by atoms with Crippen LogP contribution in [0.5, 0.6) is 0 Å². The predicted molar refractivity (Wildman–Crippen MR) is 84.9 cm³/mol. The predicted octanol–water partition coefficient (Wildman–Crippen LogP) is 1.78. The molecule has 1 aromatic carbocycles. The smallest absolute Gasteiger partial charge is 0.338 e. The number of primary amides is 1. The molecule has 0 saturated heterocycles. The number of anilines is 1. The van der Waals surface area contributed by atoms with Crippen molar-refractivity contribution in [3.8, 4) is 0 Å². The van der Waals surface area contributed by atoms with Gasteiger partial charge >= 0.3 is 12.0 Å².